The highest BCUT2D eigenvalue weighted by Crippen LogP contribution is 2.24. The van der Waals surface area contributed by atoms with Crippen molar-refractivity contribution in [2.75, 3.05) is 0 Å². The quantitative estimate of drug-likeness (QED) is 0.564. The third kappa shape index (κ3) is 2.79. The third-order valence-corrected chi connectivity index (χ3v) is 4.84. The van der Waals surface area contributed by atoms with Crippen LogP contribution in [0.4, 0.5) is 0 Å². The van der Waals surface area contributed by atoms with Crippen LogP contribution in [-0.4, -0.2) is 18.7 Å². The SMILES string of the molecule is Cc1ccc(-c2nc3c(c(=O)n(C)c(=O)n3C)n2Cc2ccccc2)cc1. The van der Waals surface area contributed by atoms with Gasteiger partial charge in [-0.05, 0) is 12.5 Å². The van der Waals surface area contributed by atoms with Crippen molar-refractivity contribution in [2.45, 2.75) is 13.5 Å². The Balaban J connectivity index is 2.07. The first-order valence-electron chi connectivity index (χ1n) is 8.74. The van der Waals surface area contributed by atoms with Gasteiger partial charge >= 0.3 is 5.69 Å². The lowest BCUT2D eigenvalue weighted by Crippen LogP contribution is -2.37. The van der Waals surface area contributed by atoms with Gasteiger partial charge in [0, 0.05) is 26.2 Å². The lowest BCUT2D eigenvalue weighted by molar-refractivity contribution is 0.702. The van der Waals surface area contributed by atoms with Crippen molar-refractivity contribution in [3.8, 4) is 11.4 Å². The maximum absolute atomic E-state index is 12.9. The number of hydrogen-bond acceptors (Lipinski definition) is 3. The minimum Gasteiger partial charge on any atom is -0.314 e. The van der Waals surface area contributed by atoms with Crippen LogP contribution in [0, 0.1) is 6.92 Å². The number of nitrogens with zero attached hydrogens (tertiary/aromatic N) is 4. The molecule has 0 spiro atoms. The molecule has 4 rings (SSSR count). The van der Waals surface area contributed by atoms with Crippen LogP contribution in [0.15, 0.2) is 64.2 Å². The molecule has 0 bridgehead atoms. The Hall–Kier alpha value is -3.41. The Morgan fingerprint density at radius 1 is 0.889 bits per heavy atom. The Morgan fingerprint density at radius 2 is 1.56 bits per heavy atom. The monoisotopic (exact) mass is 360 g/mol. The van der Waals surface area contributed by atoms with Crippen molar-refractivity contribution in [3.63, 3.8) is 0 Å². The summed E-state index contributed by atoms with van der Waals surface area (Å²) in [5, 5.41) is 0. The summed E-state index contributed by atoms with van der Waals surface area (Å²) in [6, 6.07) is 17.9. The summed E-state index contributed by atoms with van der Waals surface area (Å²) in [6.07, 6.45) is 0. The molecule has 0 saturated heterocycles. The second-order valence-electron chi connectivity index (χ2n) is 6.75. The molecule has 0 aliphatic heterocycles. The zero-order valence-electron chi connectivity index (χ0n) is 15.5. The van der Waals surface area contributed by atoms with E-state index in [1.807, 2.05) is 66.1 Å². The molecule has 2 heterocycles. The fourth-order valence-electron chi connectivity index (χ4n) is 3.29. The Bertz CT molecular complexity index is 1250. The van der Waals surface area contributed by atoms with Crippen LogP contribution in [0.3, 0.4) is 0 Å². The van der Waals surface area contributed by atoms with E-state index in [0.717, 1.165) is 21.3 Å². The molecule has 0 aliphatic carbocycles. The molecule has 136 valence electrons. The lowest BCUT2D eigenvalue weighted by Gasteiger charge is -2.10. The first-order valence-corrected chi connectivity index (χ1v) is 8.74. The second kappa shape index (κ2) is 6.39. The molecule has 0 unspecified atom stereocenters. The Kier molecular flexibility index (Phi) is 4.03. The normalized spacial score (nSPS) is 11.2. The van der Waals surface area contributed by atoms with Crippen molar-refractivity contribution < 1.29 is 0 Å². The van der Waals surface area contributed by atoms with Gasteiger partial charge in [-0.3, -0.25) is 13.9 Å². The van der Waals surface area contributed by atoms with Crippen LogP contribution in [0.2, 0.25) is 0 Å². The summed E-state index contributed by atoms with van der Waals surface area (Å²) >= 11 is 0. The molecule has 6 heteroatoms. The zero-order chi connectivity index (χ0) is 19.1. The zero-order valence-corrected chi connectivity index (χ0v) is 15.5. The molecule has 0 fully saturated rings. The Labute approximate surface area is 156 Å². The number of fused-ring (bicyclic) bond motifs is 1. The van der Waals surface area contributed by atoms with Crippen molar-refractivity contribution in [3.05, 3.63) is 86.6 Å². The van der Waals surface area contributed by atoms with E-state index in [9.17, 15) is 9.59 Å². The largest absolute Gasteiger partial charge is 0.332 e. The highest BCUT2D eigenvalue weighted by molar-refractivity contribution is 5.77. The number of hydrogen-bond donors (Lipinski definition) is 0. The number of aromatic nitrogens is 4. The summed E-state index contributed by atoms with van der Waals surface area (Å²) in [7, 11) is 3.14. The molecular weight excluding hydrogens is 340 g/mol. The molecule has 0 atom stereocenters. The standard InChI is InChI=1S/C21H20N4O2/c1-14-9-11-16(12-10-14)18-22-19-17(20(26)24(3)21(27)23(19)2)25(18)13-15-7-5-4-6-8-15/h4-12H,13H2,1-3H3. The van der Waals surface area contributed by atoms with Crippen molar-refractivity contribution in [2.24, 2.45) is 14.1 Å². The first kappa shape index (κ1) is 17.0. The van der Waals surface area contributed by atoms with Crippen LogP contribution < -0.4 is 11.2 Å². The average Bonchev–Trinajstić information content (AvgIpc) is 3.05. The summed E-state index contributed by atoms with van der Waals surface area (Å²) in [4.78, 5) is 29.9. The van der Waals surface area contributed by atoms with Crippen LogP contribution in [0.25, 0.3) is 22.6 Å². The van der Waals surface area contributed by atoms with Crippen molar-refractivity contribution in [1.29, 1.82) is 0 Å². The van der Waals surface area contributed by atoms with E-state index in [0.29, 0.717) is 23.5 Å². The first-order chi connectivity index (χ1) is 13.0. The van der Waals surface area contributed by atoms with E-state index in [4.69, 9.17) is 0 Å². The summed E-state index contributed by atoms with van der Waals surface area (Å²) < 4.78 is 4.46. The molecule has 0 saturated carbocycles. The highest BCUT2D eigenvalue weighted by Gasteiger charge is 2.20. The smallest absolute Gasteiger partial charge is 0.314 e. The van der Waals surface area contributed by atoms with Gasteiger partial charge in [-0.1, -0.05) is 60.2 Å². The van der Waals surface area contributed by atoms with Gasteiger partial charge in [-0.2, -0.15) is 0 Å². The molecule has 0 N–H and O–H groups in total. The maximum atomic E-state index is 12.9. The van der Waals surface area contributed by atoms with Gasteiger partial charge in [0.25, 0.3) is 5.56 Å². The van der Waals surface area contributed by atoms with Gasteiger partial charge in [0.1, 0.15) is 5.82 Å². The fourth-order valence-corrected chi connectivity index (χ4v) is 3.29. The van der Waals surface area contributed by atoms with Crippen molar-refractivity contribution >= 4 is 11.2 Å². The average molecular weight is 360 g/mol. The van der Waals surface area contributed by atoms with E-state index in [1.165, 1.54) is 11.6 Å². The van der Waals surface area contributed by atoms with Gasteiger partial charge in [0.05, 0.1) is 0 Å². The van der Waals surface area contributed by atoms with E-state index < -0.39 is 0 Å². The second-order valence-corrected chi connectivity index (χ2v) is 6.75. The molecule has 2 aromatic heterocycles. The van der Waals surface area contributed by atoms with Crippen LogP contribution >= 0.6 is 0 Å². The Morgan fingerprint density at radius 3 is 2.22 bits per heavy atom. The van der Waals surface area contributed by atoms with E-state index in [1.54, 1.807) is 7.05 Å². The lowest BCUT2D eigenvalue weighted by atomic mass is 10.1. The van der Waals surface area contributed by atoms with Gasteiger partial charge in [0.15, 0.2) is 11.2 Å². The minimum atomic E-state index is -0.382. The van der Waals surface area contributed by atoms with E-state index >= 15 is 0 Å². The van der Waals surface area contributed by atoms with Gasteiger partial charge in [0.2, 0.25) is 0 Å². The van der Waals surface area contributed by atoms with Gasteiger partial charge < -0.3 is 4.57 Å². The van der Waals surface area contributed by atoms with E-state index in [2.05, 4.69) is 4.98 Å². The highest BCUT2D eigenvalue weighted by atomic mass is 16.2. The van der Waals surface area contributed by atoms with Crippen molar-refractivity contribution in [1.82, 2.24) is 18.7 Å². The van der Waals surface area contributed by atoms with Gasteiger partial charge in [-0.15, -0.1) is 0 Å². The molecule has 6 nitrogen and oxygen atoms in total. The number of imidazole rings is 1. The molecule has 27 heavy (non-hydrogen) atoms. The molecular formula is C21H20N4O2. The molecule has 4 aromatic rings. The van der Waals surface area contributed by atoms with Crippen LogP contribution in [-0.2, 0) is 20.6 Å². The number of rotatable bonds is 3. The third-order valence-electron chi connectivity index (χ3n) is 4.84. The maximum Gasteiger partial charge on any atom is 0.332 e. The molecule has 0 radical (unpaired) electrons. The predicted molar refractivity (Wildman–Crippen MR) is 106 cm³/mol. The predicted octanol–water partition coefficient (Wildman–Crippen LogP) is 2.46. The van der Waals surface area contributed by atoms with Crippen LogP contribution in [0.5, 0.6) is 0 Å². The molecule has 0 aliphatic rings. The van der Waals surface area contributed by atoms with Crippen LogP contribution in [0.1, 0.15) is 11.1 Å². The number of aryl methyl sites for hydroxylation is 2. The summed E-state index contributed by atoms with van der Waals surface area (Å²) in [5.41, 5.74) is 3.21. The summed E-state index contributed by atoms with van der Waals surface area (Å²) in [6.45, 7) is 2.52. The number of benzene rings is 2. The minimum absolute atomic E-state index is 0.338. The molecule has 2 aromatic carbocycles. The molecule has 0 amide bonds. The van der Waals surface area contributed by atoms with E-state index in [-0.39, 0.29) is 11.2 Å². The van der Waals surface area contributed by atoms with Gasteiger partial charge in [-0.25, -0.2) is 9.78 Å². The fraction of sp³-hybridized carbons (Fsp3) is 0.190. The summed E-state index contributed by atoms with van der Waals surface area (Å²) in [5.74, 6) is 0.673. The topological polar surface area (TPSA) is 61.8 Å².